The Morgan fingerprint density at radius 1 is 1.10 bits per heavy atom. The Morgan fingerprint density at radius 3 is 2.33 bits per heavy atom. The minimum Gasteiger partial charge on any atom is -0.481 e. The molecule has 0 spiro atoms. The molecule has 0 aromatic heterocycles. The number of nitrogens with one attached hydrogen (secondary N) is 4. The second-order valence-electron chi connectivity index (χ2n) is 6.71. The standard InChI is InChI=1S/C20H28N6O4/c21-10-9-16(13-19(29)30)24-11-1-2-12-25-17(27)7-8-18(28)26-15-5-3-14(4-6-15)20(22)23/h3-6,16,24H,1-2,7-9,11-13H2,(H3,22,23)(H,25,27)(H,26,28)(H,29,30). The first kappa shape index (κ1) is 24.6. The van der Waals surface area contributed by atoms with E-state index in [-0.39, 0.29) is 49.4 Å². The Hall–Kier alpha value is -3.45. The van der Waals surface area contributed by atoms with Crippen molar-refractivity contribution in [2.24, 2.45) is 5.73 Å². The zero-order chi connectivity index (χ0) is 22.4. The summed E-state index contributed by atoms with van der Waals surface area (Å²) in [6, 6.07) is 8.12. The van der Waals surface area contributed by atoms with E-state index in [0.717, 1.165) is 6.42 Å². The van der Waals surface area contributed by atoms with Gasteiger partial charge >= 0.3 is 5.97 Å². The summed E-state index contributed by atoms with van der Waals surface area (Å²) in [4.78, 5) is 34.4. The minimum absolute atomic E-state index is 0.0485. The van der Waals surface area contributed by atoms with Gasteiger partial charge in [0, 0.05) is 36.7 Å². The van der Waals surface area contributed by atoms with E-state index < -0.39 is 5.97 Å². The number of nitrogens with zero attached hydrogens (tertiary/aromatic N) is 1. The second kappa shape index (κ2) is 13.7. The van der Waals surface area contributed by atoms with Gasteiger partial charge in [-0.1, -0.05) is 0 Å². The third kappa shape index (κ3) is 10.8. The van der Waals surface area contributed by atoms with Crippen molar-refractivity contribution in [2.75, 3.05) is 18.4 Å². The van der Waals surface area contributed by atoms with Gasteiger partial charge in [-0.2, -0.15) is 5.26 Å². The molecule has 0 heterocycles. The molecule has 30 heavy (non-hydrogen) atoms. The Morgan fingerprint density at radius 2 is 1.73 bits per heavy atom. The maximum atomic E-state index is 11.9. The van der Waals surface area contributed by atoms with Gasteiger partial charge in [-0.15, -0.1) is 0 Å². The molecule has 1 aromatic rings. The third-order valence-electron chi connectivity index (χ3n) is 4.18. The average Bonchev–Trinajstić information content (AvgIpc) is 2.69. The zero-order valence-corrected chi connectivity index (χ0v) is 16.7. The van der Waals surface area contributed by atoms with Crippen LogP contribution in [0.2, 0.25) is 0 Å². The summed E-state index contributed by atoms with van der Waals surface area (Å²) in [5.41, 5.74) is 6.50. The lowest BCUT2D eigenvalue weighted by atomic mass is 10.1. The zero-order valence-electron chi connectivity index (χ0n) is 16.7. The molecular formula is C20H28N6O4. The summed E-state index contributed by atoms with van der Waals surface area (Å²) in [5.74, 6) is -1.51. The summed E-state index contributed by atoms with van der Waals surface area (Å²) >= 11 is 0. The van der Waals surface area contributed by atoms with Crippen LogP contribution in [-0.4, -0.2) is 47.9 Å². The van der Waals surface area contributed by atoms with E-state index >= 15 is 0 Å². The number of carboxylic acid groups (broad SMARTS) is 1. The van der Waals surface area contributed by atoms with Gasteiger partial charge in [-0.25, -0.2) is 0 Å². The molecule has 1 rings (SSSR count). The summed E-state index contributed by atoms with van der Waals surface area (Å²) in [5, 5.41) is 33.2. The van der Waals surface area contributed by atoms with Crippen molar-refractivity contribution in [3.8, 4) is 6.07 Å². The highest BCUT2D eigenvalue weighted by Gasteiger charge is 2.12. The molecule has 0 aliphatic rings. The SMILES string of the molecule is N#CCC(CC(=O)O)NCCCCNC(=O)CCC(=O)Nc1ccc(C(=N)N)cc1. The van der Waals surface area contributed by atoms with Gasteiger partial charge in [0.25, 0.3) is 0 Å². The minimum atomic E-state index is -0.952. The van der Waals surface area contributed by atoms with E-state index in [1.54, 1.807) is 24.3 Å². The number of carbonyl (C=O) groups is 3. The number of amidine groups is 1. The number of nitrogens with two attached hydrogens (primary N) is 1. The van der Waals surface area contributed by atoms with Crippen LogP contribution in [0.1, 0.15) is 44.1 Å². The van der Waals surface area contributed by atoms with Gasteiger partial charge in [0.1, 0.15) is 5.84 Å². The molecule has 10 nitrogen and oxygen atoms in total. The molecule has 1 atom stereocenters. The van der Waals surface area contributed by atoms with Gasteiger partial charge in [0.15, 0.2) is 0 Å². The first-order valence-corrected chi connectivity index (χ1v) is 9.65. The van der Waals surface area contributed by atoms with E-state index in [2.05, 4.69) is 16.0 Å². The average molecular weight is 416 g/mol. The fourth-order valence-corrected chi connectivity index (χ4v) is 2.59. The number of hydrogen-bond donors (Lipinski definition) is 6. The number of anilines is 1. The third-order valence-corrected chi connectivity index (χ3v) is 4.18. The number of benzene rings is 1. The number of nitrogen functional groups attached to an aromatic ring is 1. The highest BCUT2D eigenvalue weighted by atomic mass is 16.4. The molecule has 10 heteroatoms. The van der Waals surface area contributed by atoms with Crippen LogP contribution in [0.5, 0.6) is 0 Å². The summed E-state index contributed by atoms with van der Waals surface area (Å²) in [6.45, 7) is 1.01. The summed E-state index contributed by atoms with van der Waals surface area (Å²) < 4.78 is 0. The van der Waals surface area contributed by atoms with Crippen molar-refractivity contribution < 1.29 is 19.5 Å². The first-order valence-electron chi connectivity index (χ1n) is 9.65. The molecule has 0 aliphatic carbocycles. The fourth-order valence-electron chi connectivity index (χ4n) is 2.59. The van der Waals surface area contributed by atoms with Gasteiger partial charge in [0.2, 0.25) is 11.8 Å². The van der Waals surface area contributed by atoms with Crippen molar-refractivity contribution in [2.45, 2.75) is 44.6 Å². The van der Waals surface area contributed by atoms with Crippen molar-refractivity contribution in [1.29, 1.82) is 10.7 Å². The van der Waals surface area contributed by atoms with Crippen LogP contribution in [-0.2, 0) is 14.4 Å². The van der Waals surface area contributed by atoms with Crippen LogP contribution in [0.15, 0.2) is 24.3 Å². The van der Waals surface area contributed by atoms with E-state index in [1.165, 1.54) is 0 Å². The molecule has 1 unspecified atom stereocenters. The van der Waals surface area contributed by atoms with Gasteiger partial charge in [0.05, 0.1) is 18.9 Å². The predicted molar refractivity (Wildman–Crippen MR) is 112 cm³/mol. The number of hydrogen-bond acceptors (Lipinski definition) is 6. The molecule has 0 radical (unpaired) electrons. The van der Waals surface area contributed by atoms with Crippen LogP contribution in [0.25, 0.3) is 0 Å². The van der Waals surface area contributed by atoms with Crippen molar-refractivity contribution in [1.82, 2.24) is 10.6 Å². The molecule has 0 aliphatic heterocycles. The fraction of sp³-hybridized carbons (Fsp3) is 0.450. The van der Waals surface area contributed by atoms with E-state index in [1.807, 2.05) is 6.07 Å². The highest BCUT2D eigenvalue weighted by molar-refractivity contribution is 5.96. The van der Waals surface area contributed by atoms with Crippen LogP contribution in [0.3, 0.4) is 0 Å². The number of carbonyl (C=O) groups excluding carboxylic acids is 2. The molecule has 2 amide bonds. The Bertz CT molecular complexity index is 772. The molecule has 0 saturated heterocycles. The normalized spacial score (nSPS) is 11.2. The second-order valence-corrected chi connectivity index (χ2v) is 6.71. The van der Waals surface area contributed by atoms with Gasteiger partial charge in [-0.05, 0) is 43.7 Å². The number of amides is 2. The highest BCUT2D eigenvalue weighted by Crippen LogP contribution is 2.10. The maximum Gasteiger partial charge on any atom is 0.304 e. The first-order chi connectivity index (χ1) is 14.3. The number of aliphatic carboxylic acids is 1. The lowest BCUT2D eigenvalue weighted by Crippen LogP contribution is -2.32. The quantitative estimate of drug-likeness (QED) is 0.148. The Balaban J connectivity index is 2.15. The van der Waals surface area contributed by atoms with Crippen LogP contribution in [0.4, 0.5) is 5.69 Å². The van der Waals surface area contributed by atoms with E-state index in [9.17, 15) is 14.4 Å². The predicted octanol–water partition coefficient (Wildman–Crippen LogP) is 0.932. The number of rotatable bonds is 14. The van der Waals surface area contributed by atoms with Crippen LogP contribution >= 0.6 is 0 Å². The molecule has 1 aromatic carbocycles. The molecule has 162 valence electrons. The number of nitriles is 1. The van der Waals surface area contributed by atoms with Gasteiger partial charge in [-0.3, -0.25) is 19.8 Å². The van der Waals surface area contributed by atoms with Crippen molar-refractivity contribution >= 4 is 29.3 Å². The Labute approximate surface area is 175 Å². The summed E-state index contributed by atoms with van der Waals surface area (Å²) in [7, 11) is 0. The maximum absolute atomic E-state index is 11.9. The van der Waals surface area contributed by atoms with E-state index in [0.29, 0.717) is 30.8 Å². The summed E-state index contributed by atoms with van der Waals surface area (Å²) in [6.07, 6.45) is 1.56. The van der Waals surface area contributed by atoms with Crippen molar-refractivity contribution in [3.05, 3.63) is 29.8 Å². The van der Waals surface area contributed by atoms with Gasteiger partial charge < -0.3 is 26.8 Å². The number of unbranched alkanes of at least 4 members (excludes halogenated alkanes) is 1. The smallest absolute Gasteiger partial charge is 0.304 e. The molecule has 7 N–H and O–H groups in total. The lowest BCUT2D eigenvalue weighted by molar-refractivity contribution is -0.137. The molecule has 0 saturated carbocycles. The van der Waals surface area contributed by atoms with Crippen LogP contribution < -0.4 is 21.7 Å². The van der Waals surface area contributed by atoms with E-state index in [4.69, 9.17) is 21.5 Å². The monoisotopic (exact) mass is 416 g/mol. The Kier molecular flexibility index (Phi) is 11.2. The number of carboxylic acids is 1. The molecule has 0 fully saturated rings. The largest absolute Gasteiger partial charge is 0.481 e. The van der Waals surface area contributed by atoms with Crippen molar-refractivity contribution in [3.63, 3.8) is 0 Å². The lowest BCUT2D eigenvalue weighted by Gasteiger charge is -2.13. The molecular weight excluding hydrogens is 388 g/mol. The molecule has 0 bridgehead atoms. The van der Waals surface area contributed by atoms with Crippen LogP contribution in [0, 0.1) is 16.7 Å². The topological polar surface area (TPSA) is 181 Å².